The van der Waals surface area contributed by atoms with Crippen LogP contribution in [-0.4, -0.2) is 83.1 Å². The van der Waals surface area contributed by atoms with Crippen molar-refractivity contribution in [3.63, 3.8) is 0 Å². The van der Waals surface area contributed by atoms with Gasteiger partial charge in [0.05, 0.1) is 64.3 Å². The van der Waals surface area contributed by atoms with Crippen molar-refractivity contribution in [2.75, 3.05) is 52.9 Å². The lowest BCUT2D eigenvalue weighted by atomic mass is 10.1. The van der Waals surface area contributed by atoms with E-state index in [0.717, 1.165) is 0 Å². The van der Waals surface area contributed by atoms with Crippen LogP contribution in [-0.2, 0) is 25.5 Å². The van der Waals surface area contributed by atoms with E-state index in [-0.39, 0.29) is 12.6 Å². The second-order valence-corrected chi connectivity index (χ2v) is 7.49. The van der Waals surface area contributed by atoms with Crippen LogP contribution in [0.25, 0.3) is 0 Å². The van der Waals surface area contributed by atoms with Crippen molar-refractivity contribution >= 4 is 23.3 Å². The van der Waals surface area contributed by atoms with Crippen molar-refractivity contribution in [3.05, 3.63) is 22.0 Å². The quantitative estimate of drug-likeness (QED) is 0.104. The van der Waals surface area contributed by atoms with Crippen LogP contribution in [0.15, 0.2) is 11.4 Å². The summed E-state index contributed by atoms with van der Waals surface area (Å²) in [6.07, 6.45) is 1.62. The van der Waals surface area contributed by atoms with Gasteiger partial charge in [-0.1, -0.05) is 10.1 Å². The molecule has 0 spiro atoms. The number of oxime groups is 1. The maximum atomic E-state index is 10.9. The van der Waals surface area contributed by atoms with Crippen LogP contribution in [0.3, 0.4) is 0 Å². The third-order valence-electron chi connectivity index (χ3n) is 3.68. The molecule has 0 radical (unpaired) electrons. The summed E-state index contributed by atoms with van der Waals surface area (Å²) in [6.45, 7) is 8.25. The Morgan fingerprint density at radius 2 is 1.69 bits per heavy atom. The van der Waals surface area contributed by atoms with E-state index in [4.69, 9.17) is 35.8 Å². The molecule has 0 unspecified atom stereocenters. The molecule has 1 rings (SSSR count). The van der Waals surface area contributed by atoms with Crippen LogP contribution in [0, 0.1) is 17.0 Å². The molecule has 0 aliphatic rings. The molecular formula is C17H29ClN4O7. The van der Waals surface area contributed by atoms with Crippen molar-refractivity contribution in [1.82, 2.24) is 9.55 Å². The van der Waals surface area contributed by atoms with Gasteiger partial charge in [-0.05, 0) is 25.7 Å². The summed E-state index contributed by atoms with van der Waals surface area (Å²) in [5.41, 5.74) is 0.940. The minimum atomic E-state index is -0.766. The number of nitrogens with zero attached hydrogens (tertiary/aromatic N) is 4. The first kappa shape index (κ1) is 25.2. The molecule has 1 aromatic rings. The highest BCUT2D eigenvalue weighted by Crippen LogP contribution is 2.15. The third-order valence-corrected chi connectivity index (χ3v) is 3.90. The summed E-state index contributed by atoms with van der Waals surface area (Å²) < 4.78 is 22.9. The molecule has 29 heavy (non-hydrogen) atoms. The smallest absolute Gasteiger partial charge is 0.411 e. The molecule has 0 aliphatic heterocycles. The van der Waals surface area contributed by atoms with Gasteiger partial charge in [0.2, 0.25) is 0 Å². The number of alkyl halides is 1. The van der Waals surface area contributed by atoms with Gasteiger partial charge < -0.3 is 34.3 Å². The molecule has 0 amide bonds. The Morgan fingerprint density at radius 3 is 2.17 bits per heavy atom. The predicted molar refractivity (Wildman–Crippen MR) is 106 cm³/mol. The van der Waals surface area contributed by atoms with Gasteiger partial charge in [0, 0.05) is 0 Å². The van der Waals surface area contributed by atoms with Gasteiger partial charge in [-0.3, -0.25) is 0 Å². The molecule has 0 saturated heterocycles. The minimum Gasteiger partial charge on any atom is -0.411 e. The first-order chi connectivity index (χ1) is 13.8. The van der Waals surface area contributed by atoms with E-state index in [0.29, 0.717) is 64.2 Å². The summed E-state index contributed by atoms with van der Waals surface area (Å²) in [6, 6.07) is 0. The average molecular weight is 437 g/mol. The Labute approximate surface area is 174 Å². The topological polar surface area (TPSA) is 130 Å². The second-order valence-electron chi connectivity index (χ2n) is 6.54. The fraction of sp³-hybridized carbons (Fsp3) is 0.765. The van der Waals surface area contributed by atoms with Gasteiger partial charge in [0.25, 0.3) is 0 Å². The SMILES string of the molecule is Cc1cn(CCOCCOCCOCCOCC(=NO)C(C)(C)Cl)c([N+](=O)[O-])n1. The van der Waals surface area contributed by atoms with Gasteiger partial charge in [-0.2, -0.15) is 0 Å². The molecule has 166 valence electrons. The summed E-state index contributed by atoms with van der Waals surface area (Å²) in [5.74, 6) is -0.185. The Balaban J connectivity index is 1.95. The van der Waals surface area contributed by atoms with Crippen molar-refractivity contribution in [3.8, 4) is 0 Å². The molecule has 0 aliphatic carbocycles. The molecule has 0 atom stereocenters. The van der Waals surface area contributed by atoms with Gasteiger partial charge in [-0.25, -0.2) is 4.57 Å². The average Bonchev–Trinajstić information content (AvgIpc) is 3.02. The number of hydrogen-bond donors (Lipinski definition) is 1. The van der Waals surface area contributed by atoms with E-state index in [9.17, 15) is 10.1 Å². The zero-order chi connectivity index (χ0) is 21.7. The van der Waals surface area contributed by atoms with Gasteiger partial charge in [0.1, 0.15) is 17.6 Å². The monoisotopic (exact) mass is 436 g/mol. The Morgan fingerprint density at radius 1 is 1.17 bits per heavy atom. The number of nitro groups is 1. The molecule has 0 fully saturated rings. The summed E-state index contributed by atoms with van der Waals surface area (Å²) in [7, 11) is 0. The fourth-order valence-electron chi connectivity index (χ4n) is 2.16. The molecule has 0 saturated carbocycles. The van der Waals surface area contributed by atoms with Crippen LogP contribution in [0.4, 0.5) is 5.95 Å². The highest BCUT2D eigenvalue weighted by molar-refractivity contribution is 6.35. The van der Waals surface area contributed by atoms with E-state index in [1.165, 1.54) is 4.57 Å². The van der Waals surface area contributed by atoms with Crippen molar-refractivity contribution in [2.45, 2.75) is 32.2 Å². The largest absolute Gasteiger partial charge is 0.434 e. The molecule has 1 N–H and O–H groups in total. The molecule has 1 heterocycles. The van der Waals surface area contributed by atoms with Crippen LogP contribution in [0.2, 0.25) is 0 Å². The van der Waals surface area contributed by atoms with Crippen molar-refractivity contribution in [1.29, 1.82) is 0 Å². The first-order valence-corrected chi connectivity index (χ1v) is 9.53. The Hall–Kier alpha value is -1.79. The molecule has 1 aromatic heterocycles. The Bertz CT molecular complexity index is 646. The standard InChI is InChI=1S/C17H29ClN4O7/c1-14-12-21(16(19-14)22(24)25)4-5-26-6-7-27-8-9-28-10-11-29-13-15(20-23)17(2,3)18/h12,23H,4-11,13H2,1-3H3. The van der Waals surface area contributed by atoms with Gasteiger partial charge >= 0.3 is 5.95 Å². The van der Waals surface area contributed by atoms with E-state index >= 15 is 0 Å². The molecule has 0 bridgehead atoms. The number of ether oxygens (including phenoxy) is 4. The lowest BCUT2D eigenvalue weighted by Crippen LogP contribution is -2.30. The van der Waals surface area contributed by atoms with Crippen molar-refractivity contribution in [2.24, 2.45) is 5.16 Å². The van der Waals surface area contributed by atoms with Crippen LogP contribution < -0.4 is 0 Å². The molecule has 0 aromatic carbocycles. The number of aromatic nitrogens is 2. The van der Waals surface area contributed by atoms with Crippen molar-refractivity contribution < 1.29 is 29.1 Å². The number of imidazole rings is 1. The van der Waals surface area contributed by atoms with Gasteiger partial charge in [0.15, 0.2) is 0 Å². The minimum absolute atomic E-state index is 0.131. The molecular weight excluding hydrogens is 408 g/mol. The zero-order valence-corrected chi connectivity index (χ0v) is 17.8. The maximum Gasteiger partial charge on any atom is 0.434 e. The first-order valence-electron chi connectivity index (χ1n) is 9.15. The maximum absolute atomic E-state index is 10.9. The summed E-state index contributed by atoms with van der Waals surface area (Å²) in [4.78, 5) is 13.4. The van der Waals surface area contributed by atoms with E-state index < -0.39 is 9.80 Å². The lowest BCUT2D eigenvalue weighted by Gasteiger charge is -2.17. The second kappa shape index (κ2) is 13.4. The van der Waals surface area contributed by atoms with Crippen LogP contribution in [0.5, 0.6) is 0 Å². The Kier molecular flexibility index (Phi) is 11.7. The normalized spacial score (nSPS) is 12.5. The number of aryl methyl sites for hydroxylation is 1. The van der Waals surface area contributed by atoms with Gasteiger partial charge in [-0.15, -0.1) is 11.6 Å². The van der Waals surface area contributed by atoms with E-state index in [1.807, 2.05) is 0 Å². The summed E-state index contributed by atoms with van der Waals surface area (Å²) in [5, 5.41) is 22.9. The molecule has 11 nitrogen and oxygen atoms in total. The lowest BCUT2D eigenvalue weighted by molar-refractivity contribution is -0.396. The van der Waals surface area contributed by atoms with E-state index in [2.05, 4.69) is 10.1 Å². The highest BCUT2D eigenvalue weighted by Gasteiger charge is 2.22. The van der Waals surface area contributed by atoms with E-state index in [1.54, 1.807) is 27.0 Å². The van der Waals surface area contributed by atoms with Crippen LogP contribution in [0.1, 0.15) is 19.5 Å². The summed E-state index contributed by atoms with van der Waals surface area (Å²) >= 11 is 6.03. The number of hydrogen-bond acceptors (Lipinski definition) is 9. The predicted octanol–water partition coefficient (Wildman–Crippen LogP) is 2.01. The third kappa shape index (κ3) is 10.5. The number of rotatable bonds is 16. The molecule has 12 heteroatoms. The fourth-order valence-corrected chi connectivity index (χ4v) is 2.25. The zero-order valence-electron chi connectivity index (χ0n) is 17.0. The number of halogens is 1. The highest BCUT2D eigenvalue weighted by atomic mass is 35.5. The van der Waals surface area contributed by atoms with Crippen LogP contribution >= 0.6 is 11.6 Å².